The van der Waals surface area contributed by atoms with Crippen LogP contribution in [0, 0.1) is 24.0 Å². The van der Waals surface area contributed by atoms with Gasteiger partial charge >= 0.3 is 0 Å². The second-order valence-corrected chi connectivity index (χ2v) is 10.0. The zero-order valence-corrected chi connectivity index (χ0v) is 18.4. The third kappa shape index (κ3) is 3.41. The highest BCUT2D eigenvalue weighted by Gasteiger charge is 2.55. The molecule has 3 aliphatic rings. The fourth-order valence-corrected chi connectivity index (χ4v) is 5.47. The number of rotatable bonds is 4. The number of amides is 1. The highest BCUT2D eigenvalue weighted by Crippen LogP contribution is 2.55. The van der Waals surface area contributed by atoms with Crippen molar-refractivity contribution < 1.29 is 18.7 Å². The average Bonchev–Trinajstić information content (AvgIpc) is 3.49. The molecule has 2 aromatic carbocycles. The summed E-state index contributed by atoms with van der Waals surface area (Å²) in [5.74, 6) is -0.882. The van der Waals surface area contributed by atoms with Gasteiger partial charge in [0.15, 0.2) is 0 Å². The first kappa shape index (κ1) is 20.4. The van der Waals surface area contributed by atoms with Gasteiger partial charge in [0.2, 0.25) is 0 Å². The maximum atomic E-state index is 14.1. The second kappa shape index (κ2) is 7.14. The molecule has 3 fully saturated rings. The van der Waals surface area contributed by atoms with E-state index in [0.29, 0.717) is 19.0 Å². The quantitative estimate of drug-likeness (QED) is 0.596. The van der Waals surface area contributed by atoms with Gasteiger partial charge in [-0.1, -0.05) is 6.07 Å². The molecular weight excluding hydrogens is 424 g/mol. The number of aryl methyl sites for hydroxylation is 1. The lowest BCUT2D eigenvalue weighted by molar-refractivity contribution is -0.0736. The fraction of sp³-hybridized carbons (Fsp3) is 0.385. The van der Waals surface area contributed by atoms with Gasteiger partial charge in [-0.25, -0.2) is 8.78 Å². The van der Waals surface area contributed by atoms with Crippen molar-refractivity contribution in [1.82, 2.24) is 14.7 Å². The Kier molecular flexibility index (Phi) is 4.41. The summed E-state index contributed by atoms with van der Waals surface area (Å²) in [6.07, 6.45) is 4.06. The van der Waals surface area contributed by atoms with Crippen LogP contribution in [-0.4, -0.2) is 38.8 Å². The van der Waals surface area contributed by atoms with Crippen LogP contribution in [0.5, 0.6) is 5.75 Å². The molecule has 6 rings (SSSR count). The molecule has 0 unspecified atom stereocenters. The number of hydrogen-bond donors (Lipinski definition) is 1. The van der Waals surface area contributed by atoms with Gasteiger partial charge in [0.25, 0.3) is 5.91 Å². The summed E-state index contributed by atoms with van der Waals surface area (Å²) in [7, 11) is 0. The van der Waals surface area contributed by atoms with Gasteiger partial charge in [-0.15, -0.1) is 0 Å². The van der Waals surface area contributed by atoms with Crippen molar-refractivity contribution in [1.29, 1.82) is 0 Å². The van der Waals surface area contributed by atoms with Crippen molar-refractivity contribution in [2.45, 2.75) is 44.6 Å². The molecule has 2 heterocycles. The number of nitrogens with zero attached hydrogens (tertiary/aromatic N) is 3. The van der Waals surface area contributed by atoms with E-state index in [1.165, 1.54) is 18.2 Å². The molecule has 5 nitrogen and oxygen atoms in total. The van der Waals surface area contributed by atoms with Crippen molar-refractivity contribution >= 4 is 5.91 Å². The van der Waals surface area contributed by atoms with E-state index in [1.54, 1.807) is 17.0 Å². The number of carbonyl (C=O) groups is 1. The molecule has 2 saturated carbocycles. The van der Waals surface area contributed by atoms with Crippen molar-refractivity contribution in [3.8, 4) is 17.0 Å². The number of aromatic nitrogens is 2. The van der Waals surface area contributed by atoms with Gasteiger partial charge in [0, 0.05) is 30.0 Å². The third-order valence-corrected chi connectivity index (χ3v) is 7.43. The molecule has 33 heavy (non-hydrogen) atoms. The molecule has 1 aromatic heterocycles. The van der Waals surface area contributed by atoms with Crippen molar-refractivity contribution in [3.05, 3.63) is 70.9 Å². The number of hydrogen-bond acceptors (Lipinski definition) is 3. The highest BCUT2D eigenvalue weighted by atomic mass is 19.1. The first-order chi connectivity index (χ1) is 15.8. The number of carbonyl (C=O) groups excluding carboxylic acids is 1. The van der Waals surface area contributed by atoms with E-state index in [4.69, 9.17) is 5.10 Å². The lowest BCUT2D eigenvalue weighted by Gasteiger charge is -2.59. The zero-order chi connectivity index (χ0) is 22.9. The molecule has 1 spiro atoms. The molecule has 1 N–H and O–H groups in total. The predicted molar refractivity (Wildman–Crippen MR) is 119 cm³/mol. The maximum Gasteiger partial charge on any atom is 0.257 e. The topological polar surface area (TPSA) is 58.4 Å². The summed E-state index contributed by atoms with van der Waals surface area (Å²) in [5, 5.41) is 14.5. The van der Waals surface area contributed by atoms with E-state index >= 15 is 0 Å². The molecule has 1 amide bonds. The summed E-state index contributed by atoms with van der Waals surface area (Å²) in [6, 6.07) is 10.7. The van der Waals surface area contributed by atoms with Crippen molar-refractivity contribution in [2.75, 3.05) is 13.1 Å². The van der Waals surface area contributed by atoms with Crippen LogP contribution in [0.25, 0.3) is 11.3 Å². The molecule has 1 saturated heterocycles. The number of phenolic OH excluding ortho intramolecular Hbond substituents is 1. The van der Waals surface area contributed by atoms with Crippen LogP contribution in [0.15, 0.2) is 42.5 Å². The minimum Gasteiger partial charge on any atom is -0.508 e. The minimum atomic E-state index is -0.621. The van der Waals surface area contributed by atoms with Crippen LogP contribution in [-0.2, 0) is 0 Å². The highest BCUT2D eigenvalue weighted by molar-refractivity contribution is 5.95. The summed E-state index contributed by atoms with van der Waals surface area (Å²) in [4.78, 5) is 14.3. The van der Waals surface area contributed by atoms with Crippen LogP contribution in [0.2, 0.25) is 0 Å². The van der Waals surface area contributed by atoms with Crippen molar-refractivity contribution in [3.63, 3.8) is 0 Å². The van der Waals surface area contributed by atoms with Gasteiger partial charge in [-0.2, -0.15) is 5.10 Å². The van der Waals surface area contributed by atoms with E-state index in [2.05, 4.69) is 10.7 Å². The molecule has 3 aromatic rings. The number of halogens is 2. The van der Waals surface area contributed by atoms with Gasteiger partial charge in [0.1, 0.15) is 17.4 Å². The summed E-state index contributed by atoms with van der Waals surface area (Å²) < 4.78 is 30.2. The summed E-state index contributed by atoms with van der Waals surface area (Å²) >= 11 is 0. The van der Waals surface area contributed by atoms with Crippen LogP contribution >= 0.6 is 0 Å². The molecule has 170 valence electrons. The molecule has 0 bridgehead atoms. The number of likely N-dealkylation sites (tertiary alicyclic amines) is 1. The minimum absolute atomic E-state index is 0.0214. The number of aromatic hydroxyl groups is 1. The van der Waals surface area contributed by atoms with E-state index in [9.17, 15) is 18.7 Å². The van der Waals surface area contributed by atoms with E-state index < -0.39 is 5.82 Å². The largest absolute Gasteiger partial charge is 0.508 e. The Morgan fingerprint density at radius 1 is 1.09 bits per heavy atom. The zero-order valence-electron chi connectivity index (χ0n) is 18.4. The Hall–Kier alpha value is -3.22. The normalized spacial score (nSPS) is 19.4. The monoisotopic (exact) mass is 449 g/mol. The van der Waals surface area contributed by atoms with Crippen LogP contribution < -0.4 is 0 Å². The molecule has 0 radical (unpaired) electrons. The van der Waals surface area contributed by atoms with E-state index in [0.717, 1.165) is 54.3 Å². The fourth-order valence-electron chi connectivity index (χ4n) is 5.47. The van der Waals surface area contributed by atoms with Crippen molar-refractivity contribution in [2.24, 2.45) is 5.41 Å². The number of phenols is 1. The Bertz CT molecular complexity index is 1270. The third-order valence-electron chi connectivity index (χ3n) is 7.43. The van der Waals surface area contributed by atoms with Gasteiger partial charge in [0.05, 0.1) is 23.0 Å². The van der Waals surface area contributed by atoms with Gasteiger partial charge < -0.3 is 10.0 Å². The smallest absolute Gasteiger partial charge is 0.257 e. The summed E-state index contributed by atoms with van der Waals surface area (Å²) in [6.45, 7) is 3.13. The molecular formula is C26H25F2N3O2. The van der Waals surface area contributed by atoms with E-state index in [1.807, 2.05) is 6.92 Å². The lowest BCUT2D eigenvalue weighted by atomic mass is 9.60. The van der Waals surface area contributed by atoms with Gasteiger partial charge in [-0.05, 0) is 74.6 Å². The predicted octanol–water partition coefficient (Wildman–Crippen LogP) is 5.20. The Balaban J connectivity index is 1.20. The molecule has 0 atom stereocenters. The first-order valence-corrected chi connectivity index (χ1v) is 11.5. The molecule has 7 heteroatoms. The average molecular weight is 450 g/mol. The maximum absolute atomic E-state index is 14.1. The SMILES string of the molecule is Cc1ccc(F)cc1-c1cc(C2CC2)nn1C1CC2(C1)CN(C(=O)c1cc(O)ccc1F)C2. The number of benzene rings is 2. The lowest BCUT2D eigenvalue weighted by Crippen LogP contribution is -2.64. The Labute approximate surface area is 190 Å². The molecule has 1 aliphatic heterocycles. The van der Waals surface area contributed by atoms with Crippen LogP contribution in [0.3, 0.4) is 0 Å². The second-order valence-electron chi connectivity index (χ2n) is 10.0. The van der Waals surface area contributed by atoms with Crippen LogP contribution in [0.4, 0.5) is 8.78 Å². The first-order valence-electron chi connectivity index (χ1n) is 11.5. The van der Waals surface area contributed by atoms with Gasteiger partial charge in [-0.3, -0.25) is 9.48 Å². The Morgan fingerprint density at radius 3 is 2.58 bits per heavy atom. The standard InChI is InChI=1S/C26H25F2N3O2/c1-15-2-5-17(27)8-20(15)24-10-23(16-3-4-16)29-31(24)18-11-26(12-18)13-30(14-26)25(33)21-9-19(32)6-7-22(21)28/h2,5-10,16,18,32H,3-4,11-14H2,1H3. The Morgan fingerprint density at radius 2 is 1.85 bits per heavy atom. The molecule has 2 aliphatic carbocycles. The summed E-state index contributed by atoms with van der Waals surface area (Å²) in [5.41, 5.74) is 3.86. The van der Waals surface area contributed by atoms with Crippen LogP contribution in [0.1, 0.15) is 59.3 Å². The van der Waals surface area contributed by atoms with E-state index in [-0.39, 0.29) is 34.5 Å².